The lowest BCUT2D eigenvalue weighted by Gasteiger charge is -2.75. The number of rotatable bonds is 15. The number of aliphatic hydroxyl groups excluding tert-OH is 13. The quantitative estimate of drug-likeness (QED) is 0.0535. The summed E-state index contributed by atoms with van der Waals surface area (Å²) in [7, 11) is 0. The minimum atomic E-state index is -2.30. The van der Waals surface area contributed by atoms with Gasteiger partial charge in [-0.3, -0.25) is 0 Å². The summed E-state index contributed by atoms with van der Waals surface area (Å²) in [6.45, 7) is 20.6. The lowest BCUT2D eigenvalue weighted by Crippen LogP contribution is -2.77. The van der Waals surface area contributed by atoms with Crippen LogP contribution in [-0.2, 0) is 66.5 Å². The van der Waals surface area contributed by atoms with Gasteiger partial charge in [-0.2, -0.15) is 0 Å². The SMILES string of the molecule is CC=C(C)C(=O)OC1CC2(C)C3(C)CCC4C(C)(C)C(OC5OC(C(=O)O)C(O)C(OC6OC(CO)C(O)C(O)C6OC6OC(C)C(O)C(O)C6O)C5OC5OC(CO)C(O)C(O)C5O)CCC4(C)C3CCC23OC(O)C12C(OC(=O)C(C)=CC)C(O)C(C)(C)CC23. The van der Waals surface area contributed by atoms with Crippen molar-refractivity contribution in [2.45, 2.75) is 294 Å². The number of hydrogen-bond acceptors (Lipinski definition) is 27. The fourth-order valence-corrected chi connectivity index (χ4v) is 19.1. The van der Waals surface area contributed by atoms with Gasteiger partial charge in [0.2, 0.25) is 0 Å². The van der Waals surface area contributed by atoms with Gasteiger partial charge in [-0.25, -0.2) is 14.4 Å². The van der Waals surface area contributed by atoms with Crippen LogP contribution in [0.3, 0.4) is 0 Å². The standard InChI is InChI=1S/C64H100O28/c1-13-25(3)51(79)85-34-22-62(12)61(11)19-15-30-59(8,9)33(17-18-60(30,10)31(61)16-20-63(62)32-21-58(6,7)48(76)49(64(32,34)57(81)92-63)91-52(80)26(4)14-2)86-56-47(90-54-42(74)39(71)36(68)28(23-65)83-54)44(43(75)45(88-56)50(77)78)87-55-46(40(72)37(69)29(24-66)84-55)89-53-41(73)38(70)35(67)27(5)82-53/h13-14,27-49,53-57,65-76,81H,15-24H2,1-12H3,(H,77,78). The molecule has 5 aliphatic heterocycles. The van der Waals surface area contributed by atoms with Crippen LogP contribution in [0.2, 0.25) is 0 Å². The van der Waals surface area contributed by atoms with Crippen LogP contribution in [0.15, 0.2) is 23.3 Å². The Kier molecular flexibility index (Phi) is 20.1. The third-order valence-electron chi connectivity index (χ3n) is 24.8. The molecule has 0 aromatic carbocycles. The van der Waals surface area contributed by atoms with E-state index in [-0.39, 0.29) is 30.3 Å². The van der Waals surface area contributed by atoms with E-state index in [2.05, 4.69) is 20.8 Å². The highest BCUT2D eigenvalue weighted by Crippen LogP contribution is 2.82. The summed E-state index contributed by atoms with van der Waals surface area (Å²) < 4.78 is 69.6. The molecule has 5 saturated carbocycles. The maximum Gasteiger partial charge on any atom is 0.335 e. The predicted molar refractivity (Wildman–Crippen MR) is 312 cm³/mol. The highest BCUT2D eigenvalue weighted by Gasteiger charge is 2.86. The van der Waals surface area contributed by atoms with Crippen LogP contribution in [0.25, 0.3) is 0 Å². The van der Waals surface area contributed by atoms with E-state index in [1.54, 1.807) is 39.8 Å². The number of hydrogen-bond donors (Lipinski definition) is 14. The van der Waals surface area contributed by atoms with E-state index in [9.17, 15) is 85.9 Å². The topological polar surface area (TPSA) is 436 Å². The Morgan fingerprint density at radius 3 is 1.66 bits per heavy atom. The Morgan fingerprint density at radius 2 is 1.07 bits per heavy atom. The third kappa shape index (κ3) is 11.0. The third-order valence-corrected chi connectivity index (χ3v) is 24.8. The molecule has 33 unspecified atom stereocenters. The Bertz CT molecular complexity index is 2760. The Balaban J connectivity index is 0.998. The molecular weight excluding hydrogens is 1220 g/mol. The molecule has 0 amide bonds. The minimum absolute atomic E-state index is 0.0864. The van der Waals surface area contributed by atoms with Crippen LogP contribution in [-0.4, -0.2) is 262 Å². The molecule has 28 nitrogen and oxygen atoms in total. The van der Waals surface area contributed by atoms with Crippen LogP contribution < -0.4 is 0 Å². The van der Waals surface area contributed by atoms with E-state index in [1.807, 2.05) is 27.7 Å². The highest BCUT2D eigenvalue weighted by atomic mass is 16.8. The van der Waals surface area contributed by atoms with E-state index >= 15 is 0 Å². The van der Waals surface area contributed by atoms with Crippen molar-refractivity contribution in [2.24, 2.45) is 50.2 Å². The Morgan fingerprint density at radius 1 is 0.533 bits per heavy atom. The molecule has 10 rings (SSSR count). The maximum absolute atomic E-state index is 14.2. The van der Waals surface area contributed by atoms with E-state index in [4.69, 9.17) is 52.1 Å². The lowest BCUT2D eigenvalue weighted by molar-refractivity contribution is -0.406. The van der Waals surface area contributed by atoms with Gasteiger partial charge in [-0.1, -0.05) is 60.6 Å². The van der Waals surface area contributed by atoms with Gasteiger partial charge in [0.05, 0.1) is 37.1 Å². The molecule has 33 atom stereocenters. The number of carbonyl (C=O) groups excluding carboxylic acids is 2. The summed E-state index contributed by atoms with van der Waals surface area (Å²) in [5, 5.41) is 157. The van der Waals surface area contributed by atoms with Gasteiger partial charge in [0.15, 0.2) is 37.6 Å². The molecule has 5 saturated heterocycles. The molecule has 2 bridgehead atoms. The van der Waals surface area contributed by atoms with E-state index < -0.39 is 229 Å². The Hall–Kier alpha value is -2.99. The van der Waals surface area contributed by atoms with Crippen molar-refractivity contribution in [1.29, 1.82) is 0 Å². The van der Waals surface area contributed by atoms with Gasteiger partial charge in [0.25, 0.3) is 0 Å². The van der Waals surface area contributed by atoms with Crippen LogP contribution in [0.4, 0.5) is 0 Å². The number of aliphatic carboxylic acids is 1. The van der Waals surface area contributed by atoms with E-state index in [1.165, 1.54) is 6.92 Å². The van der Waals surface area contributed by atoms with Crippen molar-refractivity contribution in [1.82, 2.24) is 0 Å². The van der Waals surface area contributed by atoms with Gasteiger partial charge in [0.1, 0.15) is 103 Å². The first-order chi connectivity index (χ1) is 42.9. The fraction of sp³-hybridized carbons (Fsp3) is 0.891. The van der Waals surface area contributed by atoms with E-state index in [0.717, 1.165) is 0 Å². The van der Waals surface area contributed by atoms with Gasteiger partial charge >= 0.3 is 17.9 Å². The second-order valence-corrected chi connectivity index (χ2v) is 30.0. The number of carboxylic acids is 1. The summed E-state index contributed by atoms with van der Waals surface area (Å²) >= 11 is 0. The monoisotopic (exact) mass is 1320 g/mol. The number of carboxylic acid groups (broad SMARTS) is 1. The molecule has 0 aromatic heterocycles. The average molecular weight is 1320 g/mol. The number of allylic oxidation sites excluding steroid dienone is 2. The molecule has 5 aliphatic carbocycles. The number of aliphatic hydroxyl groups is 13. The first-order valence-electron chi connectivity index (χ1n) is 32.5. The smallest absolute Gasteiger partial charge is 0.335 e. The Labute approximate surface area is 534 Å². The first-order valence-corrected chi connectivity index (χ1v) is 32.5. The summed E-state index contributed by atoms with van der Waals surface area (Å²) in [5.74, 6) is -3.94. The summed E-state index contributed by atoms with van der Waals surface area (Å²) in [4.78, 5) is 41.5. The second-order valence-electron chi connectivity index (χ2n) is 30.0. The van der Waals surface area contributed by atoms with Crippen molar-refractivity contribution in [3.05, 3.63) is 23.3 Å². The number of fused-ring (bicyclic) bond motifs is 4. The molecule has 0 radical (unpaired) electrons. The van der Waals surface area contributed by atoms with Crippen molar-refractivity contribution >= 4 is 17.9 Å². The molecule has 92 heavy (non-hydrogen) atoms. The lowest BCUT2D eigenvalue weighted by atomic mass is 9.30. The van der Waals surface area contributed by atoms with Gasteiger partial charge in [-0.15, -0.1) is 0 Å². The number of esters is 2. The van der Waals surface area contributed by atoms with Crippen LogP contribution in [0, 0.1) is 50.2 Å². The van der Waals surface area contributed by atoms with Crippen molar-refractivity contribution in [2.75, 3.05) is 13.2 Å². The molecule has 0 aromatic rings. The largest absolute Gasteiger partial charge is 0.479 e. The maximum atomic E-state index is 14.2. The van der Waals surface area contributed by atoms with E-state index in [0.29, 0.717) is 44.1 Å². The van der Waals surface area contributed by atoms with Crippen molar-refractivity contribution in [3.63, 3.8) is 0 Å². The van der Waals surface area contributed by atoms with Crippen LogP contribution >= 0.6 is 0 Å². The molecule has 28 heteroatoms. The summed E-state index contributed by atoms with van der Waals surface area (Å²) in [5.41, 5.74) is -5.85. The predicted octanol–water partition coefficient (Wildman–Crippen LogP) is -0.937. The summed E-state index contributed by atoms with van der Waals surface area (Å²) in [6.07, 6.45) is -38.0. The second kappa shape index (κ2) is 25.7. The zero-order chi connectivity index (χ0) is 67.8. The zero-order valence-corrected chi connectivity index (χ0v) is 54.4. The molecule has 10 aliphatic rings. The first kappa shape index (κ1) is 71.8. The average Bonchev–Trinajstić information content (AvgIpc) is 1.37. The molecule has 524 valence electrons. The van der Waals surface area contributed by atoms with Gasteiger partial charge in [0, 0.05) is 22.5 Å². The van der Waals surface area contributed by atoms with Crippen LogP contribution in [0.5, 0.6) is 0 Å². The van der Waals surface area contributed by atoms with Gasteiger partial charge < -0.3 is 124 Å². The zero-order valence-electron chi connectivity index (χ0n) is 54.4. The molecule has 14 N–H and O–H groups in total. The minimum Gasteiger partial charge on any atom is -0.479 e. The molecule has 1 spiro atoms. The molecule has 5 heterocycles. The van der Waals surface area contributed by atoms with Crippen molar-refractivity contribution in [3.8, 4) is 0 Å². The molecular formula is C64H100O28. The molecule has 10 fully saturated rings. The highest BCUT2D eigenvalue weighted by molar-refractivity contribution is 5.88. The van der Waals surface area contributed by atoms with Crippen molar-refractivity contribution < 1.29 is 138 Å². The van der Waals surface area contributed by atoms with Crippen LogP contribution in [0.1, 0.15) is 134 Å². The number of carbonyl (C=O) groups is 3. The van der Waals surface area contributed by atoms with Gasteiger partial charge in [-0.05, 0) is 119 Å². The number of ether oxygens (including phenoxy) is 11. The normalized spacial score (nSPS) is 52.4. The summed E-state index contributed by atoms with van der Waals surface area (Å²) in [6, 6.07) is 0. The fourth-order valence-electron chi connectivity index (χ4n) is 19.1.